The minimum absolute atomic E-state index is 0.0763. The number of benzene rings is 1. The van der Waals surface area contributed by atoms with Crippen molar-refractivity contribution in [3.63, 3.8) is 0 Å². The molecular weight excluding hydrogens is 277 g/mol. The number of fused-ring (bicyclic) bond motifs is 1. The van der Waals surface area contributed by atoms with Crippen LogP contribution in [0.3, 0.4) is 0 Å². The lowest BCUT2D eigenvalue weighted by Gasteiger charge is -2.32. The second kappa shape index (κ2) is 5.52. The Balaban J connectivity index is 2.58. The number of hydrogen-bond acceptors (Lipinski definition) is 5. The maximum absolute atomic E-state index is 12.8. The van der Waals surface area contributed by atoms with Crippen LogP contribution in [0, 0.1) is 0 Å². The van der Waals surface area contributed by atoms with E-state index in [1.807, 2.05) is 13.8 Å². The second-order valence-electron chi connectivity index (χ2n) is 4.87. The fraction of sp³-hybridized carbons (Fsp3) is 0.357. The van der Waals surface area contributed by atoms with Gasteiger partial charge < -0.3 is 14.7 Å². The lowest BCUT2D eigenvalue weighted by atomic mass is 10.1. The van der Waals surface area contributed by atoms with Gasteiger partial charge in [0.05, 0.1) is 18.4 Å². The summed E-state index contributed by atoms with van der Waals surface area (Å²) >= 11 is 0. The van der Waals surface area contributed by atoms with Gasteiger partial charge in [0.1, 0.15) is 0 Å². The smallest absolute Gasteiger partial charge is 0.323 e. The highest BCUT2D eigenvalue weighted by Gasteiger charge is 2.49. The van der Waals surface area contributed by atoms with Crippen molar-refractivity contribution in [3.05, 3.63) is 40.8 Å². The Morgan fingerprint density at radius 2 is 2.05 bits per heavy atom. The number of nitrogens with one attached hydrogen (secondary N) is 1. The number of hydrogen-bond donors (Lipinski definition) is 1. The number of ketones is 1. The summed E-state index contributed by atoms with van der Waals surface area (Å²) in [6, 6.07) is 6.84. The van der Waals surface area contributed by atoms with E-state index in [1.54, 1.807) is 31.2 Å². The SMILES string of the molecule is CO[P+]1([O-])Oc2ccccc2C(=O)/C1=C(\C)NC(C)C. The summed E-state index contributed by atoms with van der Waals surface area (Å²) in [6.07, 6.45) is 0. The van der Waals surface area contributed by atoms with Gasteiger partial charge in [0, 0.05) is 6.04 Å². The van der Waals surface area contributed by atoms with Crippen molar-refractivity contribution >= 4 is 13.7 Å². The molecule has 1 heterocycles. The number of rotatable bonds is 3. The third-order valence-electron chi connectivity index (χ3n) is 2.94. The van der Waals surface area contributed by atoms with Gasteiger partial charge in [0.2, 0.25) is 11.1 Å². The lowest BCUT2D eigenvalue weighted by molar-refractivity contribution is -0.205. The molecule has 1 N–H and O–H groups in total. The van der Waals surface area contributed by atoms with Gasteiger partial charge in [0.25, 0.3) is 0 Å². The molecule has 2 rings (SSSR count). The zero-order valence-electron chi connectivity index (χ0n) is 12.0. The molecule has 0 fully saturated rings. The Hall–Kier alpha value is -1.42. The van der Waals surface area contributed by atoms with Gasteiger partial charge >= 0.3 is 7.94 Å². The highest BCUT2D eigenvalue weighted by atomic mass is 31.2. The molecule has 1 aliphatic heterocycles. The molecule has 1 aromatic rings. The van der Waals surface area contributed by atoms with E-state index in [0.29, 0.717) is 17.0 Å². The molecule has 0 saturated heterocycles. The van der Waals surface area contributed by atoms with E-state index in [1.165, 1.54) is 7.11 Å². The van der Waals surface area contributed by atoms with E-state index in [2.05, 4.69) is 5.32 Å². The van der Waals surface area contributed by atoms with Gasteiger partial charge in [-0.15, -0.1) is 0 Å². The van der Waals surface area contributed by atoms with Crippen LogP contribution in [0.2, 0.25) is 0 Å². The standard InChI is InChI=1S/C14H18NO4P/c1-9(2)15-10(3)14-13(16)11-7-5-6-8-12(11)19-20(14,17)18-4/h5-9,15H,1-4H3/b14-10-. The van der Waals surface area contributed by atoms with Gasteiger partial charge in [-0.05, 0) is 32.9 Å². The summed E-state index contributed by atoms with van der Waals surface area (Å²) in [6.45, 7) is 5.57. The average molecular weight is 295 g/mol. The summed E-state index contributed by atoms with van der Waals surface area (Å²) in [5.74, 6) is -0.0218. The van der Waals surface area contributed by atoms with Crippen LogP contribution in [-0.4, -0.2) is 18.9 Å². The Morgan fingerprint density at radius 3 is 2.65 bits per heavy atom. The summed E-state index contributed by atoms with van der Waals surface area (Å²) in [5.41, 5.74) is 0.917. The summed E-state index contributed by atoms with van der Waals surface area (Å²) in [7, 11) is -2.36. The zero-order chi connectivity index (χ0) is 14.9. The Kier molecular flexibility index (Phi) is 4.14. The predicted molar refractivity (Wildman–Crippen MR) is 76.3 cm³/mol. The molecule has 6 heteroatoms. The van der Waals surface area contributed by atoms with Crippen molar-refractivity contribution in [2.24, 2.45) is 0 Å². The van der Waals surface area contributed by atoms with Crippen LogP contribution >= 0.6 is 7.94 Å². The van der Waals surface area contributed by atoms with Crippen LogP contribution in [0.5, 0.6) is 5.75 Å². The van der Waals surface area contributed by atoms with Crippen LogP contribution in [0.25, 0.3) is 0 Å². The van der Waals surface area contributed by atoms with Crippen molar-refractivity contribution in [2.75, 3.05) is 7.11 Å². The molecule has 108 valence electrons. The molecule has 0 amide bonds. The van der Waals surface area contributed by atoms with Crippen molar-refractivity contribution in [1.29, 1.82) is 0 Å². The number of carbonyl (C=O) groups is 1. The molecule has 0 bridgehead atoms. The molecule has 0 radical (unpaired) electrons. The van der Waals surface area contributed by atoms with Crippen molar-refractivity contribution < 1.29 is 18.7 Å². The van der Waals surface area contributed by atoms with Crippen LogP contribution in [0.1, 0.15) is 31.1 Å². The minimum Gasteiger partial charge on any atom is -0.620 e. The predicted octanol–water partition coefficient (Wildman–Crippen LogP) is 2.26. The Morgan fingerprint density at radius 1 is 1.40 bits per heavy atom. The molecule has 1 aliphatic rings. The third kappa shape index (κ3) is 2.57. The Labute approximate surface area is 119 Å². The highest BCUT2D eigenvalue weighted by Crippen LogP contribution is 2.63. The minimum atomic E-state index is -3.64. The van der Waals surface area contributed by atoms with Gasteiger partial charge in [-0.25, -0.2) is 0 Å². The molecule has 0 aromatic heterocycles. The third-order valence-corrected chi connectivity index (χ3v) is 4.94. The largest absolute Gasteiger partial charge is 0.620 e. The topological polar surface area (TPSA) is 70.6 Å². The first-order chi connectivity index (χ1) is 9.39. The molecule has 0 saturated carbocycles. The van der Waals surface area contributed by atoms with E-state index in [-0.39, 0.29) is 17.1 Å². The first-order valence-electron chi connectivity index (χ1n) is 6.36. The normalized spacial score (nSPS) is 24.2. The van der Waals surface area contributed by atoms with E-state index in [9.17, 15) is 9.69 Å². The number of allylic oxidation sites excluding steroid dienone is 2. The Bertz CT molecular complexity index is 570. The fourth-order valence-corrected chi connectivity index (χ4v) is 3.78. The summed E-state index contributed by atoms with van der Waals surface area (Å²) in [5, 5.41) is 3.17. The second-order valence-corrected chi connectivity index (χ2v) is 6.86. The molecule has 5 nitrogen and oxygen atoms in total. The lowest BCUT2D eigenvalue weighted by Crippen LogP contribution is -2.32. The van der Waals surface area contributed by atoms with Crippen LogP contribution in [-0.2, 0) is 4.52 Å². The van der Waals surface area contributed by atoms with E-state index < -0.39 is 7.94 Å². The van der Waals surface area contributed by atoms with Gasteiger partial charge in [-0.3, -0.25) is 4.79 Å². The summed E-state index contributed by atoms with van der Waals surface area (Å²) < 4.78 is 10.5. The molecule has 1 atom stereocenters. The maximum Gasteiger partial charge on any atom is 0.323 e. The van der Waals surface area contributed by atoms with Crippen molar-refractivity contribution in [2.45, 2.75) is 26.8 Å². The number of Topliss-reactive ketones (excluding diaryl/α,β-unsaturated/α-hetero) is 1. The molecule has 0 aliphatic carbocycles. The summed E-state index contributed by atoms with van der Waals surface area (Å²) in [4.78, 5) is 25.4. The molecule has 0 spiro atoms. The fourth-order valence-electron chi connectivity index (χ4n) is 2.17. The van der Waals surface area contributed by atoms with Gasteiger partial charge in [-0.2, -0.15) is 4.52 Å². The molecule has 1 unspecified atom stereocenters. The monoisotopic (exact) mass is 295 g/mol. The first-order valence-corrected chi connectivity index (χ1v) is 7.90. The van der Waals surface area contributed by atoms with Crippen molar-refractivity contribution in [3.8, 4) is 5.75 Å². The first kappa shape index (κ1) is 15.0. The maximum atomic E-state index is 12.8. The average Bonchev–Trinajstić information content (AvgIpc) is 2.37. The van der Waals surface area contributed by atoms with Crippen molar-refractivity contribution in [1.82, 2.24) is 5.32 Å². The molecular formula is C14H18NO4P. The number of para-hydroxylation sites is 1. The van der Waals surface area contributed by atoms with Gasteiger partial charge in [-0.1, -0.05) is 12.1 Å². The zero-order valence-corrected chi connectivity index (χ0v) is 12.9. The van der Waals surface area contributed by atoms with E-state index in [0.717, 1.165) is 0 Å². The highest BCUT2D eigenvalue weighted by molar-refractivity contribution is 7.65. The molecule has 1 aromatic carbocycles. The van der Waals surface area contributed by atoms with E-state index >= 15 is 0 Å². The van der Waals surface area contributed by atoms with E-state index in [4.69, 9.17) is 9.05 Å². The van der Waals surface area contributed by atoms with Crippen LogP contribution in [0.15, 0.2) is 35.3 Å². The van der Waals surface area contributed by atoms with Crippen LogP contribution in [0.4, 0.5) is 0 Å². The molecule has 20 heavy (non-hydrogen) atoms. The quantitative estimate of drug-likeness (QED) is 0.684. The number of carbonyl (C=O) groups excluding carboxylic acids is 1. The van der Waals surface area contributed by atoms with Crippen LogP contribution < -0.4 is 14.7 Å². The van der Waals surface area contributed by atoms with Gasteiger partial charge in [0.15, 0.2) is 5.75 Å².